The van der Waals surface area contributed by atoms with Gasteiger partial charge in [0.15, 0.2) is 23.6 Å². The van der Waals surface area contributed by atoms with Gasteiger partial charge in [0.1, 0.15) is 11.7 Å². The Hall–Kier alpha value is -2.08. The monoisotopic (exact) mass is 330 g/mol. The molecule has 1 saturated heterocycles. The molecule has 4 atom stereocenters. The summed E-state index contributed by atoms with van der Waals surface area (Å²) in [7, 11) is 1.50. The molecule has 1 fully saturated rings. The lowest BCUT2D eigenvalue weighted by Gasteiger charge is -2.24. The number of fused-ring (bicyclic) bond motifs is 1. The van der Waals surface area contributed by atoms with Gasteiger partial charge in [-0.2, -0.15) is 4.98 Å². The van der Waals surface area contributed by atoms with Gasteiger partial charge in [-0.3, -0.25) is 14.3 Å². The number of aliphatic hydroxyl groups is 2. The Bertz CT molecular complexity index is 749. The highest BCUT2D eigenvalue weighted by molar-refractivity contribution is 5.70. The first-order valence-electron chi connectivity index (χ1n) is 6.78. The number of nitrogen functional groups attached to an aromatic ring is 1. The molecular weight excluding hydrogens is 311 g/mol. The summed E-state index contributed by atoms with van der Waals surface area (Å²) in [5.74, 6) is -0.145. The van der Waals surface area contributed by atoms with Gasteiger partial charge in [-0.15, -0.1) is 0 Å². The second kappa shape index (κ2) is 6.20. The molecule has 1 aliphatic heterocycles. The lowest BCUT2D eigenvalue weighted by molar-refractivity contribution is -0.115. The van der Waals surface area contributed by atoms with Crippen molar-refractivity contribution in [3.63, 3.8) is 0 Å². The Labute approximate surface area is 129 Å². The highest BCUT2D eigenvalue weighted by Crippen LogP contribution is 2.39. The van der Waals surface area contributed by atoms with Gasteiger partial charge in [-0.25, -0.2) is 9.37 Å². The zero-order valence-electron chi connectivity index (χ0n) is 12.6. The van der Waals surface area contributed by atoms with E-state index in [1.54, 1.807) is 0 Å². The van der Waals surface area contributed by atoms with Crippen LogP contribution in [0, 0.1) is 0 Å². The summed E-state index contributed by atoms with van der Waals surface area (Å²) >= 11 is 0. The van der Waals surface area contributed by atoms with E-state index in [1.165, 1.54) is 24.9 Å². The van der Waals surface area contributed by atoms with E-state index in [4.69, 9.17) is 10.5 Å². The van der Waals surface area contributed by atoms with Crippen molar-refractivity contribution < 1.29 is 19.3 Å². The molecular formula is C12H19FN6O4. The van der Waals surface area contributed by atoms with Crippen LogP contribution in [0.25, 0.3) is 11.2 Å². The Kier molecular flexibility index (Phi) is 4.66. The predicted octanol–water partition coefficient (Wildman–Crippen LogP) is -1.74. The summed E-state index contributed by atoms with van der Waals surface area (Å²) in [6, 6.07) is 0. The number of aromatic nitrogens is 4. The van der Waals surface area contributed by atoms with E-state index >= 15 is 0 Å². The van der Waals surface area contributed by atoms with Gasteiger partial charge >= 0.3 is 0 Å². The maximum atomic E-state index is 14.3. The van der Waals surface area contributed by atoms with Crippen molar-refractivity contribution in [2.45, 2.75) is 31.0 Å². The summed E-state index contributed by atoms with van der Waals surface area (Å²) in [4.78, 5) is 21.7. The molecule has 0 saturated carbocycles. The molecule has 0 amide bonds. The highest BCUT2D eigenvalue weighted by Gasteiger charge is 2.53. The van der Waals surface area contributed by atoms with E-state index < -0.39 is 36.3 Å². The van der Waals surface area contributed by atoms with Gasteiger partial charge in [-0.05, 0) is 14.0 Å². The topological polar surface area (TPSA) is 165 Å². The molecule has 2 aromatic heterocycles. The molecule has 0 aliphatic carbocycles. The minimum absolute atomic E-state index is 0.0212. The number of rotatable bonds is 2. The molecule has 3 rings (SSSR count). The van der Waals surface area contributed by atoms with Crippen molar-refractivity contribution in [3.8, 4) is 0 Å². The number of nitrogens with zero attached hydrogens (tertiary/aromatic N) is 3. The van der Waals surface area contributed by atoms with Gasteiger partial charge < -0.3 is 26.4 Å². The number of nitrogens with one attached hydrogen (secondary N) is 1. The van der Waals surface area contributed by atoms with Crippen molar-refractivity contribution in [2.75, 3.05) is 19.4 Å². The number of alkyl halides is 1. The number of nitrogens with two attached hydrogens (primary N) is 2. The van der Waals surface area contributed by atoms with Crippen LogP contribution in [0.1, 0.15) is 13.2 Å². The predicted molar refractivity (Wildman–Crippen MR) is 79.2 cm³/mol. The average Bonchev–Trinajstić information content (AvgIpc) is 3.05. The second-order valence-corrected chi connectivity index (χ2v) is 5.14. The molecule has 0 unspecified atom stereocenters. The summed E-state index contributed by atoms with van der Waals surface area (Å²) in [6.45, 7) is 0.825. The fourth-order valence-corrected chi connectivity index (χ4v) is 2.37. The molecule has 0 radical (unpaired) electrons. The quantitative estimate of drug-likeness (QED) is 0.432. The lowest BCUT2D eigenvalue weighted by atomic mass is 9.99. The maximum absolute atomic E-state index is 14.3. The van der Waals surface area contributed by atoms with Crippen LogP contribution in [0.4, 0.5) is 10.3 Å². The molecule has 0 bridgehead atoms. The van der Waals surface area contributed by atoms with Crippen molar-refractivity contribution in [1.29, 1.82) is 0 Å². The van der Waals surface area contributed by atoms with Gasteiger partial charge in [0.25, 0.3) is 5.56 Å². The minimum Gasteiger partial charge on any atom is -0.393 e. The molecule has 0 spiro atoms. The minimum atomic E-state index is -1.82. The number of anilines is 1. The van der Waals surface area contributed by atoms with Gasteiger partial charge in [0.2, 0.25) is 5.95 Å². The Morgan fingerprint density at radius 2 is 2.22 bits per heavy atom. The smallest absolute Gasteiger partial charge is 0.280 e. The third kappa shape index (κ3) is 2.67. The van der Waals surface area contributed by atoms with Crippen LogP contribution in [0.15, 0.2) is 11.1 Å². The molecule has 2 aromatic rings. The van der Waals surface area contributed by atoms with Crippen molar-refractivity contribution >= 4 is 17.1 Å². The van der Waals surface area contributed by atoms with Crippen LogP contribution in [-0.4, -0.2) is 61.3 Å². The number of hydrogen-bond donors (Lipinski definition) is 5. The molecule has 7 N–H and O–H groups in total. The first kappa shape index (κ1) is 17.3. The number of aromatic amines is 1. The molecule has 23 heavy (non-hydrogen) atoms. The fourth-order valence-electron chi connectivity index (χ4n) is 2.37. The molecule has 1 aliphatic rings. The molecule has 0 aromatic carbocycles. The van der Waals surface area contributed by atoms with E-state index in [0.717, 1.165) is 0 Å². The fraction of sp³-hybridized carbons (Fsp3) is 0.583. The highest BCUT2D eigenvalue weighted by atomic mass is 19.1. The summed E-state index contributed by atoms with van der Waals surface area (Å²) < 4.78 is 20.9. The van der Waals surface area contributed by atoms with Crippen LogP contribution >= 0.6 is 0 Å². The number of ether oxygens (including phenoxy) is 1. The molecule has 10 nitrogen and oxygen atoms in total. The number of aliphatic hydroxyl groups excluding tert-OH is 2. The Morgan fingerprint density at radius 3 is 2.78 bits per heavy atom. The van der Waals surface area contributed by atoms with E-state index in [-0.39, 0.29) is 17.1 Å². The van der Waals surface area contributed by atoms with Gasteiger partial charge in [-0.1, -0.05) is 0 Å². The van der Waals surface area contributed by atoms with Crippen LogP contribution in [0.2, 0.25) is 0 Å². The number of imidazole rings is 1. The number of halogens is 1. The van der Waals surface area contributed by atoms with Gasteiger partial charge in [0.05, 0.1) is 12.9 Å². The summed E-state index contributed by atoms with van der Waals surface area (Å²) in [5, 5.41) is 19.1. The van der Waals surface area contributed by atoms with E-state index in [0.29, 0.717) is 0 Å². The zero-order chi connectivity index (χ0) is 17.4. The normalized spacial score (nSPS) is 30.3. The first-order valence-corrected chi connectivity index (χ1v) is 6.78. The zero-order valence-corrected chi connectivity index (χ0v) is 12.6. The summed E-state index contributed by atoms with van der Waals surface area (Å²) in [6.07, 6.45) is -3.43. The number of hydrogen-bond acceptors (Lipinski definition) is 8. The van der Waals surface area contributed by atoms with Crippen molar-refractivity contribution in [2.24, 2.45) is 5.73 Å². The van der Waals surface area contributed by atoms with Crippen LogP contribution in [-0.2, 0) is 4.74 Å². The van der Waals surface area contributed by atoms with E-state index in [2.05, 4.69) is 20.7 Å². The molecule has 11 heteroatoms. The van der Waals surface area contributed by atoms with E-state index in [1.807, 2.05) is 0 Å². The van der Waals surface area contributed by atoms with Gasteiger partial charge in [0, 0.05) is 0 Å². The third-order valence-corrected chi connectivity index (χ3v) is 3.63. The Morgan fingerprint density at radius 1 is 1.57 bits per heavy atom. The second-order valence-electron chi connectivity index (χ2n) is 5.14. The SMILES string of the molecule is CN.C[C@]1(CO)O[C@@H](n2cnc3c(=O)[nH]c(N)nc32)[C@H](F)[C@@H]1O. The van der Waals surface area contributed by atoms with Crippen molar-refractivity contribution in [1.82, 2.24) is 19.5 Å². The average molecular weight is 330 g/mol. The Balaban J connectivity index is 0.000000924. The van der Waals surface area contributed by atoms with Crippen LogP contribution in [0.3, 0.4) is 0 Å². The largest absolute Gasteiger partial charge is 0.393 e. The third-order valence-electron chi connectivity index (χ3n) is 3.63. The van der Waals surface area contributed by atoms with Crippen molar-refractivity contribution in [3.05, 3.63) is 16.7 Å². The molecule has 3 heterocycles. The van der Waals surface area contributed by atoms with Crippen LogP contribution < -0.4 is 17.0 Å². The number of H-pyrrole nitrogens is 1. The standard InChI is InChI=1S/C11H14FN5O4.CH5N/c1-11(2-18)6(19)4(12)9(21-11)17-3-14-5-7(17)15-10(13)16-8(5)20;1-2/h3-4,6,9,18-19H,2H2,1H3,(H3,13,15,16,20);2H2,1H3/t4-,6+,9-,11-;/m1./s1. The van der Waals surface area contributed by atoms with E-state index in [9.17, 15) is 19.4 Å². The maximum Gasteiger partial charge on any atom is 0.280 e. The lowest BCUT2D eigenvalue weighted by Crippen LogP contribution is -2.42. The van der Waals surface area contributed by atoms with Crippen LogP contribution in [0.5, 0.6) is 0 Å². The first-order chi connectivity index (χ1) is 10.9. The molecule has 128 valence electrons. The summed E-state index contributed by atoms with van der Waals surface area (Å²) in [5.41, 5.74) is 7.97.